The zero-order valence-corrected chi connectivity index (χ0v) is 15.1. The second-order valence-electron chi connectivity index (χ2n) is 6.31. The molecule has 1 N–H and O–H groups in total. The molecule has 0 atom stereocenters. The van der Waals surface area contributed by atoms with Crippen molar-refractivity contribution in [2.75, 3.05) is 5.32 Å². The van der Waals surface area contributed by atoms with Crippen molar-refractivity contribution in [3.63, 3.8) is 0 Å². The highest BCUT2D eigenvalue weighted by molar-refractivity contribution is 6.11. The summed E-state index contributed by atoms with van der Waals surface area (Å²) in [6, 6.07) is 10.8. The fourth-order valence-electron chi connectivity index (χ4n) is 2.80. The number of benzene rings is 2. The van der Waals surface area contributed by atoms with Gasteiger partial charge in [0.15, 0.2) is 5.69 Å². The van der Waals surface area contributed by atoms with Crippen molar-refractivity contribution in [2.45, 2.75) is 32.5 Å². The number of aromatic nitrogens is 2. The molecule has 146 valence electrons. The Morgan fingerprint density at radius 3 is 2.32 bits per heavy atom. The van der Waals surface area contributed by atoms with Gasteiger partial charge in [-0.1, -0.05) is 31.5 Å². The first-order valence-electron chi connectivity index (χ1n) is 8.79. The van der Waals surface area contributed by atoms with Gasteiger partial charge in [0.1, 0.15) is 0 Å². The summed E-state index contributed by atoms with van der Waals surface area (Å²) in [6.07, 6.45) is -2.87. The number of hydrogen-bond acceptors (Lipinski definition) is 3. The van der Waals surface area contributed by atoms with Crippen molar-refractivity contribution in [2.24, 2.45) is 0 Å². The number of hydrogen-bond donors (Lipinski definition) is 1. The smallest absolute Gasteiger partial charge is 0.321 e. The van der Waals surface area contributed by atoms with Crippen LogP contribution in [0.3, 0.4) is 0 Å². The third-order valence-electron chi connectivity index (χ3n) is 4.28. The molecule has 0 aliphatic heterocycles. The second kappa shape index (κ2) is 7.84. The van der Waals surface area contributed by atoms with E-state index in [1.54, 1.807) is 24.3 Å². The van der Waals surface area contributed by atoms with Crippen molar-refractivity contribution in [3.8, 4) is 0 Å². The van der Waals surface area contributed by atoms with E-state index in [1.807, 2.05) is 6.92 Å². The maximum Gasteiger partial charge on any atom is 0.416 e. The summed E-state index contributed by atoms with van der Waals surface area (Å²) in [6.45, 7) is 2.35. The highest BCUT2D eigenvalue weighted by Gasteiger charge is 2.30. The van der Waals surface area contributed by atoms with Gasteiger partial charge in [-0.2, -0.15) is 18.3 Å². The third kappa shape index (κ3) is 4.05. The fraction of sp³-hybridized carbons (Fsp3) is 0.250. The van der Waals surface area contributed by atoms with E-state index in [2.05, 4.69) is 10.4 Å². The van der Waals surface area contributed by atoms with E-state index < -0.39 is 17.6 Å². The zero-order valence-electron chi connectivity index (χ0n) is 15.1. The van der Waals surface area contributed by atoms with Crippen molar-refractivity contribution in [3.05, 3.63) is 70.1 Å². The molecule has 0 saturated heterocycles. The second-order valence-corrected chi connectivity index (χ2v) is 6.31. The molecule has 8 heteroatoms. The van der Waals surface area contributed by atoms with E-state index in [4.69, 9.17) is 0 Å². The summed E-state index contributed by atoms with van der Waals surface area (Å²) >= 11 is 0. The molecule has 3 aromatic rings. The van der Waals surface area contributed by atoms with Crippen LogP contribution in [0.2, 0.25) is 0 Å². The zero-order chi connectivity index (χ0) is 20.3. The van der Waals surface area contributed by atoms with Crippen molar-refractivity contribution in [1.82, 2.24) is 9.78 Å². The van der Waals surface area contributed by atoms with Gasteiger partial charge >= 0.3 is 6.18 Å². The molecule has 2 aromatic carbocycles. The van der Waals surface area contributed by atoms with Gasteiger partial charge in [-0.05, 0) is 36.8 Å². The van der Waals surface area contributed by atoms with Crippen LogP contribution >= 0.6 is 0 Å². The van der Waals surface area contributed by atoms with Crippen molar-refractivity contribution < 1.29 is 18.0 Å². The number of anilines is 1. The molecule has 0 fully saturated rings. The van der Waals surface area contributed by atoms with Crippen molar-refractivity contribution in [1.29, 1.82) is 0 Å². The number of rotatable bonds is 5. The minimum absolute atomic E-state index is 0.0474. The predicted octanol–water partition coefficient (Wildman–Crippen LogP) is 4.47. The standard InChI is InChI=1S/C20H18F3N3O2/c1-2-3-12-26-19(28)16-7-5-4-6-15(16)17(25-26)18(27)24-14-10-8-13(9-11-14)20(21,22)23/h4-11H,2-3,12H2,1H3,(H,24,27). The summed E-state index contributed by atoms with van der Waals surface area (Å²) in [7, 11) is 0. The number of carbonyl (C=O) groups is 1. The predicted molar refractivity (Wildman–Crippen MR) is 100 cm³/mol. The molecule has 0 saturated carbocycles. The first-order chi connectivity index (χ1) is 13.3. The van der Waals surface area contributed by atoms with Gasteiger partial charge in [0, 0.05) is 17.6 Å². The van der Waals surface area contributed by atoms with Gasteiger partial charge in [-0.25, -0.2) is 4.68 Å². The van der Waals surface area contributed by atoms with E-state index in [0.29, 0.717) is 17.3 Å². The van der Waals surface area contributed by atoms with Crippen LogP contribution in [0.5, 0.6) is 0 Å². The summed E-state index contributed by atoms with van der Waals surface area (Å²) in [5.74, 6) is -0.596. The molecule has 0 radical (unpaired) electrons. The summed E-state index contributed by atoms with van der Waals surface area (Å²) < 4.78 is 39.3. The molecule has 28 heavy (non-hydrogen) atoms. The summed E-state index contributed by atoms with van der Waals surface area (Å²) in [5.41, 5.74) is -0.835. The molecule has 3 rings (SSSR count). The normalized spacial score (nSPS) is 11.6. The molecule has 0 unspecified atom stereocenters. The lowest BCUT2D eigenvalue weighted by molar-refractivity contribution is -0.137. The molecule has 5 nitrogen and oxygen atoms in total. The number of carbonyl (C=O) groups excluding carboxylic acids is 1. The van der Waals surface area contributed by atoms with Gasteiger partial charge in [0.25, 0.3) is 11.5 Å². The van der Waals surface area contributed by atoms with E-state index in [-0.39, 0.29) is 16.9 Å². The average Bonchev–Trinajstić information content (AvgIpc) is 2.67. The molecule has 1 amide bonds. The maximum atomic E-state index is 12.7. The highest BCUT2D eigenvalue weighted by Crippen LogP contribution is 2.30. The van der Waals surface area contributed by atoms with Gasteiger partial charge in [-0.3, -0.25) is 9.59 Å². The Balaban J connectivity index is 1.97. The van der Waals surface area contributed by atoms with Crippen LogP contribution in [-0.2, 0) is 12.7 Å². The van der Waals surface area contributed by atoms with Crippen LogP contribution in [0.25, 0.3) is 10.8 Å². The molecular formula is C20H18F3N3O2. The SMILES string of the molecule is CCCCn1nc(C(=O)Nc2ccc(C(F)(F)F)cc2)c2ccccc2c1=O. The maximum absolute atomic E-state index is 12.7. The van der Waals surface area contributed by atoms with Crippen LogP contribution in [0, 0.1) is 0 Å². The largest absolute Gasteiger partial charge is 0.416 e. The fourth-order valence-corrected chi connectivity index (χ4v) is 2.80. The van der Waals surface area contributed by atoms with Crippen LogP contribution in [0.4, 0.5) is 18.9 Å². The van der Waals surface area contributed by atoms with E-state index in [1.165, 1.54) is 16.8 Å². The lowest BCUT2D eigenvalue weighted by atomic mass is 10.1. The van der Waals surface area contributed by atoms with Crippen LogP contribution in [0.1, 0.15) is 35.8 Å². The number of nitrogens with one attached hydrogen (secondary N) is 1. The molecule has 1 heterocycles. The third-order valence-corrected chi connectivity index (χ3v) is 4.28. The van der Waals surface area contributed by atoms with E-state index in [9.17, 15) is 22.8 Å². The number of alkyl halides is 3. The molecule has 0 bridgehead atoms. The number of amides is 1. The molecule has 1 aromatic heterocycles. The first-order valence-corrected chi connectivity index (χ1v) is 8.79. The minimum atomic E-state index is -4.45. The molecular weight excluding hydrogens is 371 g/mol. The molecule has 0 aliphatic carbocycles. The number of aryl methyl sites for hydroxylation is 1. The van der Waals surface area contributed by atoms with Crippen LogP contribution in [-0.4, -0.2) is 15.7 Å². The van der Waals surface area contributed by atoms with Crippen molar-refractivity contribution >= 4 is 22.4 Å². The highest BCUT2D eigenvalue weighted by atomic mass is 19.4. The van der Waals surface area contributed by atoms with Gasteiger partial charge < -0.3 is 5.32 Å². The van der Waals surface area contributed by atoms with Gasteiger partial charge in [0.05, 0.1) is 10.9 Å². The lowest BCUT2D eigenvalue weighted by Gasteiger charge is -2.12. The van der Waals surface area contributed by atoms with Crippen LogP contribution < -0.4 is 10.9 Å². The first kappa shape index (κ1) is 19.6. The Kier molecular flexibility index (Phi) is 5.48. The summed E-state index contributed by atoms with van der Waals surface area (Å²) in [4.78, 5) is 25.3. The Hall–Kier alpha value is -3.16. The van der Waals surface area contributed by atoms with E-state index >= 15 is 0 Å². The van der Waals surface area contributed by atoms with Crippen LogP contribution in [0.15, 0.2) is 53.3 Å². The quantitative estimate of drug-likeness (QED) is 0.700. The minimum Gasteiger partial charge on any atom is -0.321 e. The molecule has 0 spiro atoms. The number of fused-ring (bicyclic) bond motifs is 1. The molecule has 0 aliphatic rings. The monoisotopic (exact) mass is 389 g/mol. The van der Waals surface area contributed by atoms with Gasteiger partial charge in [0.2, 0.25) is 0 Å². The Morgan fingerprint density at radius 2 is 1.71 bits per heavy atom. The topological polar surface area (TPSA) is 64.0 Å². The Bertz CT molecular complexity index is 1060. The average molecular weight is 389 g/mol. The number of unbranched alkanes of at least 4 members (excludes halogenated alkanes) is 1. The van der Waals surface area contributed by atoms with Gasteiger partial charge in [-0.15, -0.1) is 0 Å². The number of nitrogens with zero attached hydrogens (tertiary/aromatic N) is 2. The van der Waals surface area contributed by atoms with E-state index in [0.717, 1.165) is 25.0 Å². The Morgan fingerprint density at radius 1 is 1.07 bits per heavy atom. The lowest BCUT2D eigenvalue weighted by Crippen LogP contribution is -2.27. The number of halogens is 3. The summed E-state index contributed by atoms with van der Waals surface area (Å²) in [5, 5.41) is 7.51. The Labute approximate surface area is 158 Å².